The van der Waals surface area contributed by atoms with Crippen LogP contribution >= 0.6 is 0 Å². The Kier molecular flexibility index (Phi) is 7.07. The molecule has 0 spiro atoms. The summed E-state index contributed by atoms with van der Waals surface area (Å²) < 4.78 is 37.0. The molecular weight excluding hydrogens is 432 g/mol. The van der Waals surface area contributed by atoms with Gasteiger partial charge in [-0.3, -0.25) is 4.79 Å². The number of hydrogen-bond acceptors (Lipinski definition) is 7. The number of likely N-dealkylation sites (tertiary alicyclic amines) is 1. The van der Waals surface area contributed by atoms with E-state index in [1.807, 2.05) is 0 Å². The topological polar surface area (TPSA) is 116 Å². The average molecular weight is 467 g/mol. The summed E-state index contributed by atoms with van der Waals surface area (Å²) in [6.45, 7) is 7.63. The first-order chi connectivity index (χ1) is 14.9. The Morgan fingerprint density at radius 3 is 2.47 bits per heavy atom. The van der Waals surface area contributed by atoms with Crippen molar-refractivity contribution < 1.29 is 27.5 Å². The van der Waals surface area contributed by atoms with Gasteiger partial charge in [0.15, 0.2) is 9.84 Å². The highest BCUT2D eigenvalue weighted by Crippen LogP contribution is 2.40. The third kappa shape index (κ3) is 5.54. The molecule has 0 bridgehead atoms. The number of nitrogens with two attached hydrogens (primary N) is 1. The van der Waals surface area contributed by atoms with Crippen LogP contribution in [0.3, 0.4) is 0 Å². The van der Waals surface area contributed by atoms with Crippen LogP contribution in [-0.4, -0.2) is 55.4 Å². The zero-order valence-electron chi connectivity index (χ0n) is 19.2. The molecule has 0 aromatic heterocycles. The zero-order chi connectivity index (χ0) is 23.7. The lowest BCUT2D eigenvalue weighted by molar-refractivity contribution is -0.149. The Labute approximate surface area is 190 Å². The van der Waals surface area contributed by atoms with E-state index >= 15 is 0 Å². The lowest BCUT2D eigenvalue weighted by Crippen LogP contribution is -2.46. The predicted molar refractivity (Wildman–Crippen MR) is 121 cm³/mol. The largest absolute Gasteiger partial charge is 0.466 e. The van der Waals surface area contributed by atoms with Crippen molar-refractivity contribution in [3.63, 3.8) is 0 Å². The number of rotatable bonds is 5. The number of nitrogens with zero attached hydrogens (tertiary/aromatic N) is 1. The standard InChI is InChI=1S/C23H34N2O6S/c1-5-30-21(26)19-12-13-25(22(27)31-23(2,3)4)20(19)15-6-7-16(24)8-9-18(14-15)32(28,29)17-10-11-17/h6-9,15,17,19-20H,5,10-14,24H2,1-4H3/t15?,19-,20+/m0/s1. The quantitative estimate of drug-likeness (QED) is 0.619. The summed E-state index contributed by atoms with van der Waals surface area (Å²) in [5.74, 6) is -1.41. The third-order valence-corrected chi connectivity index (χ3v) is 8.25. The van der Waals surface area contributed by atoms with Gasteiger partial charge in [0.05, 0.1) is 23.8 Å². The van der Waals surface area contributed by atoms with Crippen molar-refractivity contribution >= 4 is 21.9 Å². The summed E-state index contributed by atoms with van der Waals surface area (Å²) >= 11 is 0. The van der Waals surface area contributed by atoms with Gasteiger partial charge in [-0.05, 0) is 71.6 Å². The monoisotopic (exact) mass is 466 g/mol. The van der Waals surface area contributed by atoms with Crippen LogP contribution in [0.1, 0.15) is 53.4 Å². The Morgan fingerprint density at radius 2 is 1.88 bits per heavy atom. The van der Waals surface area contributed by atoms with Gasteiger partial charge < -0.3 is 20.1 Å². The zero-order valence-corrected chi connectivity index (χ0v) is 20.1. The van der Waals surface area contributed by atoms with Crippen molar-refractivity contribution in [2.45, 2.75) is 70.3 Å². The smallest absolute Gasteiger partial charge is 0.410 e. The van der Waals surface area contributed by atoms with Crippen molar-refractivity contribution in [3.05, 3.63) is 34.9 Å². The molecule has 8 nitrogen and oxygen atoms in total. The number of esters is 1. The van der Waals surface area contributed by atoms with E-state index in [0.717, 1.165) is 0 Å². The van der Waals surface area contributed by atoms with Crippen molar-refractivity contribution in [1.29, 1.82) is 0 Å². The fraction of sp³-hybridized carbons (Fsp3) is 0.652. The van der Waals surface area contributed by atoms with Crippen LogP contribution in [0, 0.1) is 11.8 Å². The molecule has 2 N–H and O–H groups in total. The first-order valence-corrected chi connectivity index (χ1v) is 12.7. The maximum atomic E-state index is 13.0. The van der Waals surface area contributed by atoms with Crippen LogP contribution in [0.5, 0.6) is 0 Å². The van der Waals surface area contributed by atoms with Crippen molar-refractivity contribution in [1.82, 2.24) is 4.90 Å². The summed E-state index contributed by atoms with van der Waals surface area (Å²) in [4.78, 5) is 27.6. The first kappa shape index (κ1) is 24.4. The summed E-state index contributed by atoms with van der Waals surface area (Å²) in [6.07, 6.45) is 8.04. The number of sulfone groups is 1. The second-order valence-corrected chi connectivity index (χ2v) is 11.9. The minimum atomic E-state index is -3.45. The highest BCUT2D eigenvalue weighted by molar-refractivity contribution is 7.96. The molecule has 32 heavy (non-hydrogen) atoms. The highest BCUT2D eigenvalue weighted by Gasteiger charge is 2.48. The first-order valence-electron chi connectivity index (χ1n) is 11.2. The molecule has 1 heterocycles. The molecule has 1 unspecified atom stereocenters. The number of carbonyl (C=O) groups excluding carboxylic acids is 2. The van der Waals surface area contributed by atoms with Crippen molar-refractivity contribution in [2.75, 3.05) is 13.2 Å². The Balaban J connectivity index is 1.98. The van der Waals surface area contributed by atoms with Gasteiger partial charge in [-0.15, -0.1) is 0 Å². The van der Waals surface area contributed by atoms with E-state index in [9.17, 15) is 18.0 Å². The maximum absolute atomic E-state index is 13.0. The van der Waals surface area contributed by atoms with E-state index in [-0.39, 0.29) is 23.2 Å². The van der Waals surface area contributed by atoms with Gasteiger partial charge in [-0.1, -0.05) is 6.08 Å². The minimum absolute atomic E-state index is 0.180. The van der Waals surface area contributed by atoms with Gasteiger partial charge in [-0.2, -0.15) is 0 Å². The molecule has 3 rings (SSSR count). The Bertz CT molecular complexity index is 940. The van der Waals surface area contributed by atoms with E-state index in [1.54, 1.807) is 56.9 Å². The van der Waals surface area contributed by atoms with Gasteiger partial charge >= 0.3 is 12.1 Å². The van der Waals surface area contributed by atoms with E-state index in [4.69, 9.17) is 15.2 Å². The van der Waals surface area contributed by atoms with Crippen molar-refractivity contribution in [3.8, 4) is 0 Å². The molecule has 0 aromatic rings. The van der Waals surface area contributed by atoms with Crippen LogP contribution in [-0.2, 0) is 24.1 Å². The van der Waals surface area contributed by atoms with Crippen LogP contribution in [0.25, 0.3) is 0 Å². The van der Waals surface area contributed by atoms with Gasteiger partial charge in [-0.25, -0.2) is 13.2 Å². The van der Waals surface area contributed by atoms with Gasteiger partial charge in [0.25, 0.3) is 0 Å². The number of allylic oxidation sites excluding steroid dienone is 4. The highest BCUT2D eigenvalue weighted by atomic mass is 32.2. The second-order valence-electron chi connectivity index (χ2n) is 9.58. The number of hydrogen-bond donors (Lipinski definition) is 1. The van der Waals surface area contributed by atoms with E-state index < -0.39 is 45.4 Å². The SMILES string of the molecule is CCOC(=O)[C@H]1CCN(C(=O)OC(C)(C)C)[C@@H]1C1C=CC(N)=CC=C(S(=O)(=O)C2CC2)C1. The summed E-state index contributed by atoms with van der Waals surface area (Å²) in [5.41, 5.74) is 5.73. The van der Waals surface area contributed by atoms with E-state index in [2.05, 4.69) is 0 Å². The molecule has 3 atom stereocenters. The van der Waals surface area contributed by atoms with Crippen LogP contribution in [0.2, 0.25) is 0 Å². The number of amides is 1. The molecule has 9 heteroatoms. The molecule has 1 aliphatic heterocycles. The molecule has 1 amide bonds. The van der Waals surface area contributed by atoms with Crippen LogP contribution in [0.15, 0.2) is 34.9 Å². The summed E-state index contributed by atoms with van der Waals surface area (Å²) in [6, 6.07) is -0.594. The Hall–Kier alpha value is -2.29. The van der Waals surface area contributed by atoms with Gasteiger partial charge in [0.1, 0.15) is 5.60 Å². The Morgan fingerprint density at radius 1 is 1.19 bits per heavy atom. The van der Waals surface area contributed by atoms with Crippen LogP contribution < -0.4 is 5.73 Å². The average Bonchev–Trinajstić information content (AvgIpc) is 3.44. The van der Waals surface area contributed by atoms with Crippen LogP contribution in [0.4, 0.5) is 4.79 Å². The van der Waals surface area contributed by atoms with Crippen molar-refractivity contribution in [2.24, 2.45) is 17.6 Å². The molecule has 1 saturated heterocycles. The molecule has 3 aliphatic rings. The van der Waals surface area contributed by atoms with Gasteiger partial charge in [0, 0.05) is 23.1 Å². The molecular formula is C23H34N2O6S. The summed E-state index contributed by atoms with van der Waals surface area (Å²) in [5, 5.41) is -0.362. The molecule has 178 valence electrons. The molecule has 2 fully saturated rings. The molecule has 0 radical (unpaired) electrons. The second kappa shape index (κ2) is 9.29. The molecule has 2 aliphatic carbocycles. The summed E-state index contributed by atoms with van der Waals surface area (Å²) in [7, 11) is -3.45. The number of carbonyl (C=O) groups is 2. The molecule has 0 aromatic carbocycles. The predicted octanol–water partition coefficient (Wildman–Crippen LogP) is 3.05. The minimum Gasteiger partial charge on any atom is -0.466 e. The lowest BCUT2D eigenvalue weighted by Gasteiger charge is -2.34. The normalized spacial score (nSPS) is 26.6. The molecule has 1 saturated carbocycles. The number of ether oxygens (including phenoxy) is 2. The third-order valence-electron chi connectivity index (χ3n) is 5.87. The van der Waals surface area contributed by atoms with Gasteiger partial charge in [0.2, 0.25) is 0 Å². The maximum Gasteiger partial charge on any atom is 0.410 e. The fourth-order valence-electron chi connectivity index (χ4n) is 4.27. The lowest BCUT2D eigenvalue weighted by atomic mass is 9.85. The fourth-order valence-corrected chi connectivity index (χ4v) is 6.14. The van der Waals surface area contributed by atoms with E-state index in [1.165, 1.54) is 0 Å². The van der Waals surface area contributed by atoms with E-state index in [0.29, 0.717) is 31.5 Å².